The molecule has 16 heavy (non-hydrogen) atoms. The summed E-state index contributed by atoms with van der Waals surface area (Å²) < 4.78 is 38.5. The normalized spacial score (nSPS) is 19.5. The van der Waals surface area contributed by atoms with Gasteiger partial charge in [-0.15, -0.1) is 12.4 Å². The molecule has 0 aromatic heterocycles. The van der Waals surface area contributed by atoms with Crippen molar-refractivity contribution in [1.29, 1.82) is 0 Å². The Morgan fingerprint density at radius 1 is 1.31 bits per heavy atom. The van der Waals surface area contributed by atoms with Crippen LogP contribution in [0.2, 0.25) is 0 Å². The van der Waals surface area contributed by atoms with Gasteiger partial charge in [-0.1, -0.05) is 0 Å². The standard InChI is InChI=1S/C8H14F3N3O.ClH/c1-12-6(15)14-7(8(9,10)11)2-4-13-5-3-7;/h13H,2-5H2,1H3,(H2,12,14,15);1H. The molecule has 0 spiro atoms. The topological polar surface area (TPSA) is 53.2 Å². The molecule has 2 amide bonds. The minimum atomic E-state index is -4.42. The van der Waals surface area contributed by atoms with Crippen LogP contribution in [0.25, 0.3) is 0 Å². The Morgan fingerprint density at radius 2 is 1.81 bits per heavy atom. The minimum Gasteiger partial charge on any atom is -0.341 e. The highest BCUT2D eigenvalue weighted by molar-refractivity contribution is 5.85. The fourth-order valence-electron chi connectivity index (χ4n) is 1.61. The Morgan fingerprint density at radius 3 is 2.19 bits per heavy atom. The molecule has 1 saturated heterocycles. The molecule has 0 bridgehead atoms. The van der Waals surface area contributed by atoms with Crippen LogP contribution in [0.15, 0.2) is 0 Å². The van der Waals surface area contributed by atoms with Crippen molar-refractivity contribution in [3.8, 4) is 0 Å². The van der Waals surface area contributed by atoms with E-state index in [0.29, 0.717) is 0 Å². The lowest BCUT2D eigenvalue weighted by molar-refractivity contribution is -0.199. The number of urea groups is 1. The lowest BCUT2D eigenvalue weighted by Gasteiger charge is -2.39. The van der Waals surface area contributed by atoms with Crippen molar-refractivity contribution in [3.05, 3.63) is 0 Å². The number of halogens is 4. The third kappa shape index (κ3) is 3.15. The number of alkyl halides is 3. The average molecular weight is 262 g/mol. The van der Waals surface area contributed by atoms with E-state index >= 15 is 0 Å². The van der Waals surface area contributed by atoms with Crippen LogP contribution in [0.5, 0.6) is 0 Å². The van der Waals surface area contributed by atoms with Crippen molar-refractivity contribution in [2.45, 2.75) is 24.6 Å². The second-order valence-electron chi connectivity index (χ2n) is 3.53. The Bertz CT molecular complexity index is 241. The molecular formula is C8H15ClF3N3O. The van der Waals surface area contributed by atoms with Crippen molar-refractivity contribution >= 4 is 18.4 Å². The zero-order valence-electron chi connectivity index (χ0n) is 8.78. The quantitative estimate of drug-likeness (QED) is 0.660. The Hall–Kier alpha value is -0.690. The number of piperidine rings is 1. The van der Waals surface area contributed by atoms with Crippen LogP contribution in [0, 0.1) is 0 Å². The maximum Gasteiger partial charge on any atom is 0.411 e. The largest absolute Gasteiger partial charge is 0.411 e. The molecule has 0 saturated carbocycles. The summed E-state index contributed by atoms with van der Waals surface area (Å²) in [4.78, 5) is 11.0. The Balaban J connectivity index is 0.00000225. The van der Waals surface area contributed by atoms with Crippen LogP contribution < -0.4 is 16.0 Å². The second-order valence-corrected chi connectivity index (χ2v) is 3.53. The summed E-state index contributed by atoms with van der Waals surface area (Å²) in [5.74, 6) is 0. The molecule has 0 radical (unpaired) electrons. The lowest BCUT2D eigenvalue weighted by Crippen LogP contribution is -2.64. The highest BCUT2D eigenvalue weighted by Gasteiger charge is 2.55. The van der Waals surface area contributed by atoms with Crippen molar-refractivity contribution < 1.29 is 18.0 Å². The number of carbonyl (C=O) groups is 1. The van der Waals surface area contributed by atoms with Gasteiger partial charge in [-0.3, -0.25) is 0 Å². The van der Waals surface area contributed by atoms with E-state index in [9.17, 15) is 18.0 Å². The van der Waals surface area contributed by atoms with Gasteiger partial charge >= 0.3 is 12.2 Å². The molecule has 0 aromatic rings. The molecule has 0 unspecified atom stereocenters. The fourth-order valence-corrected chi connectivity index (χ4v) is 1.61. The van der Waals surface area contributed by atoms with Gasteiger partial charge in [0.05, 0.1) is 0 Å². The van der Waals surface area contributed by atoms with Crippen LogP contribution in [-0.4, -0.2) is 37.9 Å². The molecule has 1 aliphatic rings. The molecule has 3 N–H and O–H groups in total. The molecule has 4 nitrogen and oxygen atoms in total. The van der Waals surface area contributed by atoms with E-state index in [1.54, 1.807) is 0 Å². The van der Waals surface area contributed by atoms with Crippen molar-refractivity contribution in [2.75, 3.05) is 20.1 Å². The van der Waals surface area contributed by atoms with E-state index < -0.39 is 17.7 Å². The van der Waals surface area contributed by atoms with Gasteiger partial charge in [0.2, 0.25) is 0 Å². The first-order valence-electron chi connectivity index (χ1n) is 4.69. The molecule has 96 valence electrons. The van der Waals surface area contributed by atoms with E-state index in [4.69, 9.17) is 0 Å². The van der Waals surface area contributed by atoms with Crippen LogP contribution >= 0.6 is 12.4 Å². The number of hydrogen-bond donors (Lipinski definition) is 3. The molecule has 0 atom stereocenters. The van der Waals surface area contributed by atoms with Crippen LogP contribution in [0.3, 0.4) is 0 Å². The fraction of sp³-hybridized carbons (Fsp3) is 0.875. The predicted molar refractivity (Wildman–Crippen MR) is 55.7 cm³/mol. The Labute approximate surface area is 97.7 Å². The SMILES string of the molecule is CNC(=O)NC1(C(F)(F)F)CCNCC1.Cl. The average Bonchev–Trinajstić information content (AvgIpc) is 2.17. The zero-order chi connectivity index (χ0) is 11.5. The predicted octanol–water partition coefficient (Wildman–Crippen LogP) is 1.02. The van der Waals surface area contributed by atoms with Gasteiger partial charge in [0.15, 0.2) is 0 Å². The van der Waals surface area contributed by atoms with E-state index in [1.165, 1.54) is 7.05 Å². The first-order valence-corrected chi connectivity index (χ1v) is 4.69. The minimum absolute atomic E-state index is 0. The number of amides is 2. The van der Waals surface area contributed by atoms with Gasteiger partial charge in [0.25, 0.3) is 0 Å². The van der Waals surface area contributed by atoms with Crippen LogP contribution in [-0.2, 0) is 0 Å². The monoisotopic (exact) mass is 261 g/mol. The zero-order valence-corrected chi connectivity index (χ0v) is 9.60. The summed E-state index contributed by atoms with van der Waals surface area (Å²) in [5, 5.41) is 6.98. The smallest absolute Gasteiger partial charge is 0.341 e. The van der Waals surface area contributed by atoms with Gasteiger partial charge in [0, 0.05) is 7.05 Å². The van der Waals surface area contributed by atoms with Crippen molar-refractivity contribution in [3.63, 3.8) is 0 Å². The van der Waals surface area contributed by atoms with E-state index in [2.05, 4.69) is 10.6 Å². The first-order chi connectivity index (χ1) is 6.91. The van der Waals surface area contributed by atoms with Gasteiger partial charge in [-0.2, -0.15) is 13.2 Å². The number of carbonyl (C=O) groups excluding carboxylic acids is 1. The summed E-state index contributed by atoms with van der Waals surface area (Å²) in [5.41, 5.74) is -2.08. The molecule has 1 heterocycles. The van der Waals surface area contributed by atoms with Gasteiger partial charge in [0.1, 0.15) is 5.54 Å². The summed E-state index contributed by atoms with van der Waals surface area (Å²) in [6, 6.07) is -0.797. The third-order valence-electron chi connectivity index (χ3n) is 2.58. The van der Waals surface area contributed by atoms with Gasteiger partial charge in [-0.05, 0) is 25.9 Å². The molecular weight excluding hydrogens is 247 g/mol. The van der Waals surface area contributed by atoms with Gasteiger partial charge in [-0.25, -0.2) is 4.79 Å². The number of nitrogens with one attached hydrogen (secondary N) is 3. The van der Waals surface area contributed by atoms with E-state index in [-0.39, 0.29) is 38.3 Å². The lowest BCUT2D eigenvalue weighted by atomic mass is 9.87. The highest BCUT2D eigenvalue weighted by Crippen LogP contribution is 2.36. The maximum atomic E-state index is 12.8. The Kier molecular flexibility index (Phi) is 5.34. The molecule has 0 aromatic carbocycles. The van der Waals surface area contributed by atoms with E-state index in [0.717, 1.165) is 0 Å². The number of hydrogen-bond acceptors (Lipinski definition) is 2. The second kappa shape index (κ2) is 5.58. The summed E-state index contributed by atoms with van der Waals surface area (Å²) in [6.07, 6.45) is -4.69. The van der Waals surface area contributed by atoms with Gasteiger partial charge < -0.3 is 16.0 Å². The van der Waals surface area contributed by atoms with Crippen LogP contribution in [0.4, 0.5) is 18.0 Å². The van der Waals surface area contributed by atoms with Crippen LogP contribution in [0.1, 0.15) is 12.8 Å². The first kappa shape index (κ1) is 15.3. The third-order valence-corrected chi connectivity index (χ3v) is 2.58. The van der Waals surface area contributed by atoms with Crippen molar-refractivity contribution in [1.82, 2.24) is 16.0 Å². The summed E-state index contributed by atoms with van der Waals surface area (Å²) in [7, 11) is 1.29. The summed E-state index contributed by atoms with van der Waals surface area (Å²) in [6.45, 7) is 0.507. The molecule has 8 heteroatoms. The number of rotatable bonds is 1. The molecule has 0 aliphatic carbocycles. The molecule has 1 rings (SSSR count). The molecule has 1 fully saturated rings. The maximum absolute atomic E-state index is 12.8. The van der Waals surface area contributed by atoms with E-state index in [1.807, 2.05) is 5.32 Å². The highest BCUT2D eigenvalue weighted by atomic mass is 35.5. The molecule has 1 aliphatic heterocycles. The van der Waals surface area contributed by atoms with Crippen molar-refractivity contribution in [2.24, 2.45) is 0 Å². The summed E-state index contributed by atoms with van der Waals surface area (Å²) >= 11 is 0.